The number of nitrogens with one attached hydrogen (secondary N) is 1. The molecule has 124 valence electrons. The van der Waals surface area contributed by atoms with Crippen molar-refractivity contribution < 1.29 is 14.1 Å². The van der Waals surface area contributed by atoms with Gasteiger partial charge in [0.25, 0.3) is 0 Å². The molecule has 0 radical (unpaired) electrons. The van der Waals surface area contributed by atoms with Crippen molar-refractivity contribution in [2.45, 2.75) is 52.6 Å². The van der Waals surface area contributed by atoms with Crippen LogP contribution in [-0.4, -0.2) is 47.9 Å². The van der Waals surface area contributed by atoms with Crippen molar-refractivity contribution in [2.75, 3.05) is 26.2 Å². The lowest BCUT2D eigenvalue weighted by Gasteiger charge is -2.40. The maximum atomic E-state index is 12.4. The van der Waals surface area contributed by atoms with Crippen molar-refractivity contribution in [1.29, 1.82) is 0 Å². The van der Waals surface area contributed by atoms with Crippen molar-refractivity contribution in [2.24, 2.45) is 0 Å². The third-order valence-corrected chi connectivity index (χ3v) is 4.51. The Morgan fingerprint density at radius 3 is 2.82 bits per heavy atom. The largest absolute Gasteiger partial charge is 0.372 e. The minimum Gasteiger partial charge on any atom is -0.372 e. The van der Waals surface area contributed by atoms with E-state index in [-0.39, 0.29) is 17.6 Å². The van der Waals surface area contributed by atoms with E-state index < -0.39 is 0 Å². The summed E-state index contributed by atoms with van der Waals surface area (Å²) in [6.45, 7) is 12.5. The van der Waals surface area contributed by atoms with Gasteiger partial charge in [-0.05, 0) is 27.2 Å². The van der Waals surface area contributed by atoms with E-state index in [1.165, 1.54) is 0 Å². The Morgan fingerprint density at radius 2 is 2.23 bits per heavy atom. The van der Waals surface area contributed by atoms with Crippen LogP contribution >= 0.6 is 0 Å². The summed E-state index contributed by atoms with van der Waals surface area (Å²) in [5.74, 6) is 0.998. The summed E-state index contributed by atoms with van der Waals surface area (Å²) in [5, 5.41) is 6.99. The Morgan fingerprint density at radius 1 is 1.50 bits per heavy atom. The monoisotopic (exact) mass is 309 g/mol. The molecule has 1 aromatic rings. The minimum absolute atomic E-state index is 0.0263. The second-order valence-corrected chi connectivity index (χ2v) is 6.40. The van der Waals surface area contributed by atoms with E-state index in [0.29, 0.717) is 26.2 Å². The molecule has 1 aliphatic heterocycles. The Bertz CT molecular complexity index is 509. The van der Waals surface area contributed by atoms with E-state index in [1.54, 1.807) is 0 Å². The molecule has 6 nitrogen and oxygen atoms in total. The number of morpholine rings is 1. The molecule has 0 bridgehead atoms. The second kappa shape index (κ2) is 6.69. The van der Waals surface area contributed by atoms with E-state index in [9.17, 15) is 4.79 Å². The van der Waals surface area contributed by atoms with Crippen LogP contribution in [-0.2, 0) is 4.74 Å². The van der Waals surface area contributed by atoms with Gasteiger partial charge in [-0.1, -0.05) is 19.0 Å². The number of ether oxygens (including phenoxy) is 1. The number of carbonyl (C=O) groups is 1. The van der Waals surface area contributed by atoms with Gasteiger partial charge in [0, 0.05) is 24.6 Å². The van der Waals surface area contributed by atoms with Gasteiger partial charge in [-0.25, -0.2) is 4.79 Å². The molecular formula is C16H27N3O3. The summed E-state index contributed by atoms with van der Waals surface area (Å²) in [5.41, 5.74) is 1.74. The first-order chi connectivity index (χ1) is 10.4. The number of hydrogen-bond donors (Lipinski definition) is 1. The Balaban J connectivity index is 1.90. The average molecular weight is 309 g/mol. The summed E-state index contributed by atoms with van der Waals surface area (Å²) in [6.07, 6.45) is 0.895. The maximum Gasteiger partial charge on any atom is 0.317 e. The fourth-order valence-electron chi connectivity index (χ4n) is 2.97. The number of nitrogens with zero attached hydrogens (tertiary/aromatic N) is 2. The number of aromatic nitrogens is 1. The standard InChI is InChI=1S/C16H27N3O3/c1-6-16(5)10-19(7-8-21-16)15(20)17-9-11(2)14-12(3)18-22-13(14)4/h11H,6-10H2,1-5H3,(H,17,20)/t11-,16+/m0/s1. The third kappa shape index (κ3) is 3.61. The Labute approximate surface area is 132 Å². The third-order valence-electron chi connectivity index (χ3n) is 4.51. The molecule has 0 aliphatic carbocycles. The lowest BCUT2D eigenvalue weighted by molar-refractivity contribution is -0.0872. The average Bonchev–Trinajstić information content (AvgIpc) is 2.83. The molecule has 1 aliphatic rings. The van der Waals surface area contributed by atoms with Gasteiger partial charge < -0.3 is 19.5 Å². The van der Waals surface area contributed by atoms with Gasteiger partial charge in [0.1, 0.15) is 5.76 Å². The lowest BCUT2D eigenvalue weighted by atomic mass is 9.99. The Kier molecular flexibility index (Phi) is 5.11. The highest BCUT2D eigenvalue weighted by molar-refractivity contribution is 5.74. The van der Waals surface area contributed by atoms with Crippen LogP contribution in [0.2, 0.25) is 0 Å². The van der Waals surface area contributed by atoms with Crippen LogP contribution in [0.15, 0.2) is 4.52 Å². The quantitative estimate of drug-likeness (QED) is 0.928. The van der Waals surface area contributed by atoms with Crippen molar-refractivity contribution in [1.82, 2.24) is 15.4 Å². The van der Waals surface area contributed by atoms with Gasteiger partial charge in [-0.3, -0.25) is 0 Å². The fraction of sp³-hybridized carbons (Fsp3) is 0.750. The molecule has 0 aromatic carbocycles. The fourth-order valence-corrected chi connectivity index (χ4v) is 2.97. The zero-order chi connectivity index (χ0) is 16.3. The molecule has 0 spiro atoms. The minimum atomic E-state index is -0.233. The predicted octanol–water partition coefficient (Wildman–Crippen LogP) is 2.61. The van der Waals surface area contributed by atoms with Crippen molar-refractivity contribution in [3.8, 4) is 0 Å². The van der Waals surface area contributed by atoms with Gasteiger partial charge in [0.15, 0.2) is 0 Å². The first-order valence-corrected chi connectivity index (χ1v) is 7.96. The molecular weight excluding hydrogens is 282 g/mol. The molecule has 0 saturated carbocycles. The number of aryl methyl sites for hydroxylation is 2. The summed E-state index contributed by atoms with van der Waals surface area (Å²) in [4.78, 5) is 14.2. The van der Waals surface area contributed by atoms with Gasteiger partial charge in [0.05, 0.1) is 24.4 Å². The van der Waals surface area contributed by atoms with E-state index in [2.05, 4.69) is 31.2 Å². The zero-order valence-electron chi connectivity index (χ0n) is 14.2. The second-order valence-electron chi connectivity index (χ2n) is 6.40. The Hall–Kier alpha value is -1.56. The summed E-state index contributed by atoms with van der Waals surface area (Å²) < 4.78 is 11.0. The number of carbonyl (C=O) groups excluding carboxylic acids is 1. The highest BCUT2D eigenvalue weighted by Gasteiger charge is 2.32. The first kappa shape index (κ1) is 16.8. The van der Waals surface area contributed by atoms with Crippen LogP contribution in [0.5, 0.6) is 0 Å². The highest BCUT2D eigenvalue weighted by Crippen LogP contribution is 2.23. The SMILES string of the molecule is CC[C@]1(C)CN(C(=O)NC[C@H](C)c2c(C)noc2C)CCO1. The summed E-state index contributed by atoms with van der Waals surface area (Å²) >= 11 is 0. The predicted molar refractivity (Wildman–Crippen MR) is 84.0 cm³/mol. The van der Waals surface area contributed by atoms with Gasteiger partial charge in [-0.15, -0.1) is 0 Å². The molecule has 1 N–H and O–H groups in total. The van der Waals surface area contributed by atoms with E-state index in [1.807, 2.05) is 18.7 Å². The molecule has 2 atom stereocenters. The molecule has 1 aromatic heterocycles. The van der Waals surface area contributed by atoms with Crippen LogP contribution in [0.4, 0.5) is 4.79 Å². The van der Waals surface area contributed by atoms with Crippen LogP contribution < -0.4 is 5.32 Å². The molecule has 22 heavy (non-hydrogen) atoms. The molecule has 0 unspecified atom stereocenters. The number of urea groups is 1. The van der Waals surface area contributed by atoms with Crippen molar-refractivity contribution in [3.63, 3.8) is 0 Å². The topological polar surface area (TPSA) is 67.6 Å². The van der Waals surface area contributed by atoms with Crippen molar-refractivity contribution in [3.05, 3.63) is 17.0 Å². The van der Waals surface area contributed by atoms with Crippen molar-refractivity contribution >= 4 is 6.03 Å². The molecule has 1 saturated heterocycles. The number of rotatable bonds is 4. The van der Waals surface area contributed by atoms with Gasteiger partial charge >= 0.3 is 6.03 Å². The number of hydrogen-bond acceptors (Lipinski definition) is 4. The lowest BCUT2D eigenvalue weighted by Crippen LogP contribution is -2.54. The molecule has 6 heteroatoms. The molecule has 1 fully saturated rings. The number of amides is 2. The van der Waals surface area contributed by atoms with Gasteiger partial charge in [-0.2, -0.15) is 0 Å². The smallest absolute Gasteiger partial charge is 0.317 e. The highest BCUT2D eigenvalue weighted by atomic mass is 16.5. The van der Waals surface area contributed by atoms with Crippen LogP contribution in [0.1, 0.15) is 50.1 Å². The van der Waals surface area contributed by atoms with E-state index >= 15 is 0 Å². The first-order valence-electron chi connectivity index (χ1n) is 7.96. The molecule has 2 heterocycles. The maximum absolute atomic E-state index is 12.4. The van der Waals surface area contributed by atoms with Gasteiger partial charge in [0.2, 0.25) is 0 Å². The molecule has 2 rings (SSSR count). The van der Waals surface area contributed by atoms with Crippen LogP contribution in [0.3, 0.4) is 0 Å². The van der Waals surface area contributed by atoms with Crippen LogP contribution in [0.25, 0.3) is 0 Å². The molecule has 2 amide bonds. The normalized spacial score (nSPS) is 23.4. The zero-order valence-corrected chi connectivity index (χ0v) is 14.2. The van der Waals surface area contributed by atoms with E-state index in [0.717, 1.165) is 23.4 Å². The summed E-state index contributed by atoms with van der Waals surface area (Å²) in [6, 6.07) is -0.0263. The van der Waals surface area contributed by atoms with Crippen LogP contribution in [0, 0.1) is 13.8 Å². The summed E-state index contributed by atoms with van der Waals surface area (Å²) in [7, 11) is 0. The van der Waals surface area contributed by atoms with E-state index in [4.69, 9.17) is 9.26 Å².